The van der Waals surface area contributed by atoms with Gasteiger partial charge in [-0.15, -0.1) is 0 Å². The van der Waals surface area contributed by atoms with Crippen molar-refractivity contribution >= 4 is 10.1 Å². The Balaban J connectivity index is 2.53. The van der Waals surface area contributed by atoms with Crippen LogP contribution in [0.25, 0.3) is 0 Å². The first-order chi connectivity index (χ1) is 8.91. The lowest BCUT2D eigenvalue weighted by Crippen LogP contribution is -2.53. The van der Waals surface area contributed by atoms with Gasteiger partial charge in [-0.05, 0) is 13.3 Å². The van der Waals surface area contributed by atoms with Gasteiger partial charge >= 0.3 is 0 Å². The standard InChI is InChI=1S/C13H18O5S/c1-10-4-6-13(19(15,16)17,11(9-10)5-7-14)12-3-2-8-18-12/h2-4,6,9,11-12,14H,5,7-8H2,1H3,(H,15,16,17)/t11?,12-,13-/m0/s1. The van der Waals surface area contributed by atoms with Crippen LogP contribution in [0.15, 0.2) is 36.0 Å². The average molecular weight is 286 g/mol. The Morgan fingerprint density at radius 1 is 1.53 bits per heavy atom. The van der Waals surface area contributed by atoms with Gasteiger partial charge < -0.3 is 9.84 Å². The van der Waals surface area contributed by atoms with Crippen molar-refractivity contribution in [3.63, 3.8) is 0 Å². The minimum absolute atomic E-state index is 0.157. The zero-order valence-corrected chi connectivity index (χ0v) is 11.5. The van der Waals surface area contributed by atoms with E-state index in [2.05, 4.69) is 0 Å². The fraction of sp³-hybridized carbons (Fsp3) is 0.538. The number of hydrogen-bond acceptors (Lipinski definition) is 4. The molecule has 5 nitrogen and oxygen atoms in total. The lowest BCUT2D eigenvalue weighted by Gasteiger charge is -2.39. The number of aliphatic hydroxyl groups excluding tert-OH is 1. The van der Waals surface area contributed by atoms with Gasteiger partial charge in [0.05, 0.1) is 6.61 Å². The van der Waals surface area contributed by atoms with Crippen LogP contribution >= 0.6 is 0 Å². The Kier molecular flexibility index (Phi) is 3.96. The van der Waals surface area contributed by atoms with E-state index in [4.69, 9.17) is 9.84 Å². The molecule has 6 heteroatoms. The number of ether oxygens (including phenoxy) is 1. The van der Waals surface area contributed by atoms with Gasteiger partial charge in [0.2, 0.25) is 0 Å². The molecule has 3 atom stereocenters. The number of hydrogen-bond donors (Lipinski definition) is 2. The average Bonchev–Trinajstić information content (AvgIpc) is 2.82. The van der Waals surface area contributed by atoms with Crippen molar-refractivity contribution < 1.29 is 22.8 Å². The third-order valence-electron chi connectivity index (χ3n) is 3.66. The first kappa shape index (κ1) is 14.5. The van der Waals surface area contributed by atoms with Crippen LogP contribution in [0.2, 0.25) is 0 Å². The van der Waals surface area contributed by atoms with Gasteiger partial charge in [-0.3, -0.25) is 4.55 Å². The van der Waals surface area contributed by atoms with Gasteiger partial charge in [0.1, 0.15) is 6.10 Å². The molecule has 2 aliphatic rings. The summed E-state index contributed by atoms with van der Waals surface area (Å²) >= 11 is 0. The minimum Gasteiger partial charge on any atom is -0.396 e. The smallest absolute Gasteiger partial charge is 0.277 e. The topological polar surface area (TPSA) is 83.8 Å². The van der Waals surface area contributed by atoms with Crippen molar-refractivity contribution in [1.82, 2.24) is 0 Å². The highest BCUT2D eigenvalue weighted by Crippen LogP contribution is 2.41. The largest absolute Gasteiger partial charge is 0.396 e. The summed E-state index contributed by atoms with van der Waals surface area (Å²) in [6.07, 6.45) is 7.80. The predicted molar refractivity (Wildman–Crippen MR) is 71.2 cm³/mol. The Morgan fingerprint density at radius 2 is 2.26 bits per heavy atom. The highest BCUT2D eigenvalue weighted by molar-refractivity contribution is 7.87. The third-order valence-corrected chi connectivity index (χ3v) is 5.23. The van der Waals surface area contributed by atoms with Crippen molar-refractivity contribution in [3.8, 4) is 0 Å². The zero-order chi connectivity index (χ0) is 14.1. The Labute approximate surface area is 113 Å². The molecule has 1 aliphatic heterocycles. The van der Waals surface area contributed by atoms with Gasteiger partial charge in [-0.25, -0.2) is 0 Å². The Morgan fingerprint density at radius 3 is 2.79 bits per heavy atom. The summed E-state index contributed by atoms with van der Waals surface area (Å²) in [5.41, 5.74) is 0.903. The van der Waals surface area contributed by atoms with E-state index >= 15 is 0 Å². The van der Waals surface area contributed by atoms with Gasteiger partial charge in [-0.2, -0.15) is 8.42 Å². The molecule has 0 saturated carbocycles. The first-order valence-corrected chi connectivity index (χ1v) is 7.59. The SMILES string of the molecule is CC1=CC(CCO)[C@@]([C@@H]2C=CCO2)(S(=O)(=O)O)C=C1. The fourth-order valence-corrected chi connectivity index (χ4v) is 3.99. The van der Waals surface area contributed by atoms with Gasteiger partial charge in [0.15, 0.2) is 4.75 Å². The molecule has 0 bridgehead atoms. The van der Waals surface area contributed by atoms with Crippen LogP contribution in [-0.4, -0.2) is 42.1 Å². The summed E-state index contributed by atoms with van der Waals surface area (Å²) in [5.74, 6) is -0.523. The highest BCUT2D eigenvalue weighted by atomic mass is 32.2. The van der Waals surface area contributed by atoms with Crippen molar-refractivity contribution in [2.45, 2.75) is 24.2 Å². The first-order valence-electron chi connectivity index (χ1n) is 6.15. The van der Waals surface area contributed by atoms with Gasteiger partial charge in [0, 0.05) is 12.5 Å². The van der Waals surface area contributed by atoms with E-state index in [-0.39, 0.29) is 13.0 Å². The van der Waals surface area contributed by atoms with Crippen LogP contribution in [0, 0.1) is 5.92 Å². The molecule has 0 aromatic heterocycles. The highest BCUT2D eigenvalue weighted by Gasteiger charge is 2.54. The molecule has 106 valence electrons. The minimum atomic E-state index is -4.38. The lowest BCUT2D eigenvalue weighted by molar-refractivity contribution is 0.0842. The van der Waals surface area contributed by atoms with E-state index in [1.165, 1.54) is 6.08 Å². The molecule has 2 rings (SSSR count). The fourth-order valence-electron chi connectivity index (χ4n) is 2.74. The van der Waals surface area contributed by atoms with E-state index in [9.17, 15) is 13.0 Å². The molecule has 0 aromatic carbocycles. The molecule has 0 fully saturated rings. The summed E-state index contributed by atoms with van der Waals surface area (Å²) in [6.45, 7) is 2.01. The summed E-state index contributed by atoms with van der Waals surface area (Å²) in [6, 6.07) is 0. The van der Waals surface area contributed by atoms with Crippen LogP contribution in [0.1, 0.15) is 13.3 Å². The van der Waals surface area contributed by atoms with Crippen molar-refractivity contribution in [1.29, 1.82) is 0 Å². The van der Waals surface area contributed by atoms with Crippen molar-refractivity contribution in [3.05, 3.63) is 36.0 Å². The Bertz CT molecular complexity index is 531. The van der Waals surface area contributed by atoms with Crippen LogP contribution in [0.5, 0.6) is 0 Å². The van der Waals surface area contributed by atoms with E-state index in [0.717, 1.165) is 5.57 Å². The molecule has 1 aliphatic carbocycles. The zero-order valence-electron chi connectivity index (χ0n) is 10.7. The van der Waals surface area contributed by atoms with Crippen molar-refractivity contribution in [2.75, 3.05) is 13.2 Å². The summed E-state index contributed by atoms with van der Waals surface area (Å²) < 4.78 is 37.5. The van der Waals surface area contributed by atoms with Crippen LogP contribution < -0.4 is 0 Å². The molecule has 0 spiro atoms. The molecule has 2 N–H and O–H groups in total. The number of rotatable bonds is 4. The molecule has 1 unspecified atom stereocenters. The van der Waals surface area contributed by atoms with Crippen molar-refractivity contribution in [2.24, 2.45) is 5.92 Å². The van der Waals surface area contributed by atoms with Crippen LogP contribution in [0.3, 0.4) is 0 Å². The Hall–Kier alpha value is -0.950. The maximum Gasteiger partial charge on any atom is 0.277 e. The third kappa shape index (κ3) is 2.41. The molecular weight excluding hydrogens is 268 g/mol. The van der Waals surface area contributed by atoms with E-state index in [1.54, 1.807) is 24.3 Å². The summed E-state index contributed by atoms with van der Waals surface area (Å²) in [7, 11) is -4.38. The maximum atomic E-state index is 12.0. The quantitative estimate of drug-likeness (QED) is 0.597. The number of allylic oxidation sites excluding steroid dienone is 3. The van der Waals surface area contributed by atoms with Gasteiger partial charge in [0.25, 0.3) is 10.1 Å². The second kappa shape index (κ2) is 5.20. The molecule has 0 aromatic rings. The van der Waals surface area contributed by atoms with Crippen LogP contribution in [0.4, 0.5) is 0 Å². The van der Waals surface area contributed by atoms with E-state index < -0.39 is 26.9 Å². The van der Waals surface area contributed by atoms with Gasteiger partial charge in [-0.1, -0.05) is 36.0 Å². The number of aliphatic hydroxyl groups is 1. The normalized spacial score (nSPS) is 34.6. The molecule has 0 saturated heterocycles. The molecule has 0 radical (unpaired) electrons. The summed E-state index contributed by atoms with van der Waals surface area (Å²) in [4.78, 5) is 0. The summed E-state index contributed by atoms with van der Waals surface area (Å²) in [5, 5.41) is 9.16. The lowest BCUT2D eigenvalue weighted by atomic mass is 9.79. The monoisotopic (exact) mass is 286 g/mol. The van der Waals surface area contributed by atoms with Crippen LogP contribution in [-0.2, 0) is 14.9 Å². The van der Waals surface area contributed by atoms with E-state index in [0.29, 0.717) is 6.61 Å². The molecule has 19 heavy (non-hydrogen) atoms. The molecular formula is C13H18O5S. The second-order valence-electron chi connectivity index (χ2n) is 4.87. The molecule has 1 heterocycles. The second-order valence-corrected chi connectivity index (χ2v) is 6.53. The van der Waals surface area contributed by atoms with E-state index in [1.807, 2.05) is 6.92 Å². The maximum absolute atomic E-state index is 12.0. The molecule has 0 amide bonds. The predicted octanol–water partition coefficient (Wildman–Crippen LogP) is 1.08.